The zero-order chi connectivity index (χ0) is 30.7. The van der Waals surface area contributed by atoms with Gasteiger partial charge in [-0.2, -0.15) is 26.3 Å². The number of rotatable bonds is 7. The number of carbonyl (C=O) groups excluding carboxylic acids is 1. The second kappa shape index (κ2) is 12.1. The van der Waals surface area contributed by atoms with Crippen LogP contribution in [0.4, 0.5) is 26.3 Å². The molecule has 0 unspecified atom stereocenters. The molecule has 0 radical (unpaired) electrons. The van der Waals surface area contributed by atoms with E-state index in [4.69, 9.17) is 4.74 Å². The number of hydrogen-bond acceptors (Lipinski definition) is 4. The summed E-state index contributed by atoms with van der Waals surface area (Å²) in [7, 11) is 1.29. The molecular formula is C30H25F6NO4S. The number of amides is 1. The minimum absolute atomic E-state index is 0.00121. The van der Waals surface area contributed by atoms with Gasteiger partial charge in [0, 0.05) is 24.1 Å². The molecule has 1 amide bonds. The van der Waals surface area contributed by atoms with Crippen LogP contribution in [-0.4, -0.2) is 42.1 Å². The lowest BCUT2D eigenvalue weighted by Crippen LogP contribution is -2.48. The summed E-state index contributed by atoms with van der Waals surface area (Å²) >= 11 is 0.486. The van der Waals surface area contributed by atoms with Gasteiger partial charge in [0.1, 0.15) is 5.75 Å². The van der Waals surface area contributed by atoms with Gasteiger partial charge in [-0.15, -0.1) is 0 Å². The Bertz CT molecular complexity index is 1480. The third-order valence-corrected chi connectivity index (χ3v) is 8.24. The predicted molar refractivity (Wildman–Crippen MR) is 144 cm³/mol. The standard InChI is InChI=1S/C30H25F6NO4S/c1-41-21-9-5-6-10-22(21)42-23-13-11-19(25(29(31,32)33)26(23)30(34,35)36)12-14-24(38)37-17-15-28(16-18-37,27(39)40)20-7-3-2-4-8-20/h2-14H,15-18H2,1H3,(H,39,40). The molecule has 0 atom stereocenters. The molecule has 12 heteroatoms. The molecule has 3 aromatic rings. The van der Waals surface area contributed by atoms with Crippen molar-refractivity contribution in [3.05, 3.63) is 95.1 Å². The number of carboxylic acids is 1. The van der Waals surface area contributed by atoms with Crippen LogP contribution in [0.3, 0.4) is 0 Å². The fraction of sp³-hybridized carbons (Fsp3) is 0.267. The molecular weight excluding hydrogens is 584 g/mol. The summed E-state index contributed by atoms with van der Waals surface area (Å²) in [6.07, 6.45) is -9.14. The number of carbonyl (C=O) groups is 2. The Labute approximate surface area is 241 Å². The first-order valence-corrected chi connectivity index (χ1v) is 13.5. The Kier molecular flexibility index (Phi) is 8.95. The fourth-order valence-electron chi connectivity index (χ4n) is 4.99. The maximum Gasteiger partial charge on any atom is 0.418 e. The zero-order valence-electron chi connectivity index (χ0n) is 22.1. The summed E-state index contributed by atoms with van der Waals surface area (Å²) < 4.78 is 90.2. The topological polar surface area (TPSA) is 66.8 Å². The number of carboxylic acid groups (broad SMARTS) is 1. The number of benzene rings is 3. The molecule has 1 aliphatic rings. The van der Waals surface area contributed by atoms with Gasteiger partial charge < -0.3 is 14.7 Å². The van der Waals surface area contributed by atoms with E-state index < -0.39 is 51.2 Å². The van der Waals surface area contributed by atoms with Crippen LogP contribution in [0.15, 0.2) is 82.6 Å². The van der Waals surface area contributed by atoms with E-state index in [9.17, 15) is 41.0 Å². The third kappa shape index (κ3) is 6.43. The van der Waals surface area contributed by atoms with Gasteiger partial charge in [-0.25, -0.2) is 0 Å². The van der Waals surface area contributed by atoms with E-state index in [1.165, 1.54) is 30.2 Å². The monoisotopic (exact) mass is 609 g/mol. The molecule has 222 valence electrons. The molecule has 3 aromatic carbocycles. The fourth-order valence-corrected chi connectivity index (χ4v) is 6.08. The van der Waals surface area contributed by atoms with E-state index in [-0.39, 0.29) is 36.6 Å². The Balaban J connectivity index is 1.64. The highest BCUT2D eigenvalue weighted by molar-refractivity contribution is 7.99. The Morgan fingerprint density at radius 1 is 0.857 bits per heavy atom. The van der Waals surface area contributed by atoms with Gasteiger partial charge in [0.2, 0.25) is 5.91 Å². The largest absolute Gasteiger partial charge is 0.496 e. The van der Waals surface area contributed by atoms with E-state index in [0.29, 0.717) is 23.4 Å². The van der Waals surface area contributed by atoms with E-state index in [1.807, 2.05) is 0 Å². The average Bonchev–Trinajstić information content (AvgIpc) is 2.95. The second-order valence-corrected chi connectivity index (χ2v) is 10.6. The van der Waals surface area contributed by atoms with Crippen LogP contribution >= 0.6 is 11.8 Å². The van der Waals surface area contributed by atoms with Gasteiger partial charge in [0.15, 0.2) is 0 Å². The number of nitrogens with zero attached hydrogens (tertiary/aromatic N) is 1. The minimum Gasteiger partial charge on any atom is -0.496 e. The summed E-state index contributed by atoms with van der Waals surface area (Å²) in [6, 6.07) is 16.3. The van der Waals surface area contributed by atoms with Crippen LogP contribution in [0.5, 0.6) is 5.75 Å². The SMILES string of the molecule is COc1ccccc1Sc1ccc(C=CC(=O)N2CCC(C(=O)O)(c3ccccc3)CC2)c(C(F)(F)F)c1C(F)(F)F. The lowest BCUT2D eigenvalue weighted by Gasteiger charge is -2.39. The first-order chi connectivity index (χ1) is 19.8. The van der Waals surface area contributed by atoms with Crippen LogP contribution in [0, 0.1) is 0 Å². The maximum absolute atomic E-state index is 14.2. The van der Waals surface area contributed by atoms with Crippen molar-refractivity contribution < 1.29 is 45.8 Å². The Morgan fingerprint density at radius 2 is 1.45 bits per heavy atom. The molecule has 0 aliphatic carbocycles. The number of alkyl halides is 6. The van der Waals surface area contributed by atoms with Gasteiger partial charge in [0.25, 0.3) is 0 Å². The van der Waals surface area contributed by atoms with Crippen molar-refractivity contribution in [1.82, 2.24) is 4.90 Å². The van der Waals surface area contributed by atoms with Gasteiger partial charge in [-0.05, 0) is 48.2 Å². The van der Waals surface area contributed by atoms with Gasteiger partial charge in [-0.1, -0.05) is 60.3 Å². The van der Waals surface area contributed by atoms with Crippen molar-refractivity contribution in [2.45, 2.75) is 40.4 Å². The molecule has 1 aliphatic heterocycles. The van der Waals surface area contributed by atoms with Crippen molar-refractivity contribution in [1.29, 1.82) is 0 Å². The number of aliphatic carboxylic acids is 1. The van der Waals surface area contributed by atoms with Crippen LogP contribution in [0.25, 0.3) is 6.08 Å². The van der Waals surface area contributed by atoms with Crippen molar-refractivity contribution in [3.8, 4) is 5.75 Å². The van der Waals surface area contributed by atoms with Crippen LogP contribution in [-0.2, 0) is 27.4 Å². The molecule has 0 aromatic heterocycles. The minimum atomic E-state index is -5.40. The van der Waals surface area contributed by atoms with Crippen molar-refractivity contribution >= 4 is 29.7 Å². The molecule has 0 spiro atoms. The lowest BCUT2D eigenvalue weighted by molar-refractivity contribution is -0.163. The quantitative estimate of drug-likeness (QED) is 0.222. The highest BCUT2D eigenvalue weighted by Gasteiger charge is 2.47. The van der Waals surface area contributed by atoms with Gasteiger partial charge >= 0.3 is 18.3 Å². The summed E-state index contributed by atoms with van der Waals surface area (Å²) in [6.45, 7) is -0.00241. The number of likely N-dealkylation sites (tertiary alicyclic amines) is 1. The number of hydrogen-bond donors (Lipinski definition) is 1. The third-order valence-electron chi connectivity index (χ3n) is 7.13. The maximum atomic E-state index is 14.2. The summed E-state index contributed by atoms with van der Waals surface area (Å²) in [5.41, 5.74) is -5.27. The van der Waals surface area contributed by atoms with E-state index >= 15 is 0 Å². The van der Waals surface area contributed by atoms with E-state index in [2.05, 4.69) is 0 Å². The summed E-state index contributed by atoms with van der Waals surface area (Å²) in [4.78, 5) is 25.8. The van der Waals surface area contributed by atoms with Crippen molar-refractivity contribution in [3.63, 3.8) is 0 Å². The molecule has 42 heavy (non-hydrogen) atoms. The summed E-state index contributed by atoms with van der Waals surface area (Å²) in [5, 5.41) is 9.94. The normalized spacial score (nSPS) is 15.5. The Hall–Kier alpha value is -3.93. The molecule has 1 saturated heterocycles. The average molecular weight is 610 g/mol. The number of methoxy groups -OCH3 is 1. The lowest BCUT2D eigenvalue weighted by atomic mass is 9.73. The van der Waals surface area contributed by atoms with Crippen LogP contribution in [0.2, 0.25) is 0 Å². The number of piperidine rings is 1. The number of halogens is 6. The van der Waals surface area contributed by atoms with Crippen molar-refractivity contribution in [2.75, 3.05) is 20.2 Å². The predicted octanol–water partition coefficient (Wildman–Crippen LogP) is 7.54. The van der Waals surface area contributed by atoms with E-state index in [1.54, 1.807) is 36.4 Å². The Morgan fingerprint density at radius 3 is 2.02 bits per heavy atom. The molecule has 1 fully saturated rings. The van der Waals surface area contributed by atoms with Crippen LogP contribution in [0.1, 0.15) is 35.1 Å². The van der Waals surface area contributed by atoms with Gasteiger partial charge in [-0.3, -0.25) is 9.59 Å². The highest BCUT2D eigenvalue weighted by atomic mass is 32.2. The molecule has 5 nitrogen and oxygen atoms in total. The smallest absolute Gasteiger partial charge is 0.418 e. The van der Waals surface area contributed by atoms with Crippen molar-refractivity contribution in [2.24, 2.45) is 0 Å². The number of para-hydroxylation sites is 1. The van der Waals surface area contributed by atoms with Crippen LogP contribution < -0.4 is 4.74 Å². The molecule has 4 rings (SSSR count). The molecule has 0 bridgehead atoms. The number of ether oxygens (including phenoxy) is 1. The molecule has 1 heterocycles. The molecule has 0 saturated carbocycles. The highest BCUT2D eigenvalue weighted by Crippen LogP contribution is 2.49. The second-order valence-electron chi connectivity index (χ2n) is 9.56. The van der Waals surface area contributed by atoms with Gasteiger partial charge in [0.05, 0.1) is 28.5 Å². The zero-order valence-corrected chi connectivity index (χ0v) is 22.9. The van der Waals surface area contributed by atoms with E-state index in [0.717, 1.165) is 18.2 Å². The molecule has 1 N–H and O–H groups in total. The first-order valence-electron chi connectivity index (χ1n) is 12.7. The summed E-state index contributed by atoms with van der Waals surface area (Å²) in [5.74, 6) is -1.60. The first kappa shape index (κ1) is 31.0.